The van der Waals surface area contributed by atoms with Gasteiger partial charge < -0.3 is 10.1 Å². The van der Waals surface area contributed by atoms with E-state index in [1.54, 1.807) is 0 Å². The monoisotopic (exact) mass is 227 g/mol. The number of carbonyl (C=O) groups is 1. The minimum atomic E-state index is -0.253. The van der Waals surface area contributed by atoms with Gasteiger partial charge in [-0.05, 0) is 40.7 Å². The fraction of sp³-hybridized carbons (Fsp3) is 0.769. The first-order valence-corrected chi connectivity index (χ1v) is 5.90. The van der Waals surface area contributed by atoms with Gasteiger partial charge in [-0.3, -0.25) is 4.79 Å². The van der Waals surface area contributed by atoms with Crippen molar-refractivity contribution < 1.29 is 9.53 Å². The summed E-state index contributed by atoms with van der Waals surface area (Å²) in [4.78, 5) is 11.4. The van der Waals surface area contributed by atoms with Crippen molar-refractivity contribution in [3.63, 3.8) is 0 Å². The summed E-state index contributed by atoms with van der Waals surface area (Å²) in [6.07, 6.45) is 2.09. The molecule has 0 saturated heterocycles. The molecule has 0 aromatic heterocycles. The van der Waals surface area contributed by atoms with Crippen LogP contribution in [0.1, 0.15) is 53.9 Å². The number of ether oxygens (including phenoxy) is 1. The molecule has 0 rings (SSSR count). The zero-order valence-electron chi connectivity index (χ0n) is 11.2. The fourth-order valence-corrected chi connectivity index (χ4v) is 1.45. The van der Waals surface area contributed by atoms with E-state index in [9.17, 15) is 4.79 Å². The van der Waals surface area contributed by atoms with E-state index in [4.69, 9.17) is 4.74 Å². The zero-order valence-corrected chi connectivity index (χ0v) is 11.2. The summed E-state index contributed by atoms with van der Waals surface area (Å²) in [6.45, 7) is 13.7. The van der Waals surface area contributed by atoms with Crippen LogP contribution in [0.2, 0.25) is 0 Å². The van der Waals surface area contributed by atoms with Crippen molar-refractivity contribution in [2.24, 2.45) is 0 Å². The van der Waals surface area contributed by atoms with Crippen LogP contribution in [0.3, 0.4) is 0 Å². The molecule has 0 aromatic carbocycles. The normalized spacial score (nSPS) is 13.1. The van der Waals surface area contributed by atoms with Crippen molar-refractivity contribution in [3.8, 4) is 0 Å². The van der Waals surface area contributed by atoms with Gasteiger partial charge in [-0.25, -0.2) is 0 Å². The van der Waals surface area contributed by atoms with E-state index in [0.29, 0.717) is 18.7 Å². The first-order valence-electron chi connectivity index (χ1n) is 5.90. The van der Waals surface area contributed by atoms with Crippen LogP contribution in [0, 0.1) is 0 Å². The summed E-state index contributed by atoms with van der Waals surface area (Å²) in [5.41, 5.74) is -0.253. The van der Waals surface area contributed by atoms with E-state index in [0.717, 1.165) is 6.42 Å². The highest BCUT2D eigenvalue weighted by molar-refractivity contribution is 5.78. The predicted molar refractivity (Wildman–Crippen MR) is 67.1 cm³/mol. The molecule has 0 radical (unpaired) electrons. The number of carbonyl (C=O) groups excluding carboxylic acids is 1. The number of rotatable bonds is 7. The molecule has 16 heavy (non-hydrogen) atoms. The molecular formula is C13H25NO2. The molecule has 0 amide bonds. The van der Waals surface area contributed by atoms with Crippen LogP contribution in [-0.4, -0.2) is 17.4 Å². The molecule has 0 aromatic rings. The predicted octanol–water partition coefficient (Wildman–Crippen LogP) is 3.01. The molecule has 0 spiro atoms. The largest absolute Gasteiger partial charge is 0.474 e. The van der Waals surface area contributed by atoms with Crippen molar-refractivity contribution in [3.05, 3.63) is 12.5 Å². The first kappa shape index (κ1) is 15.0. The Hall–Kier alpha value is -0.990. The second kappa shape index (κ2) is 6.56. The van der Waals surface area contributed by atoms with Crippen molar-refractivity contribution in [1.29, 1.82) is 0 Å². The fourth-order valence-electron chi connectivity index (χ4n) is 1.45. The Kier molecular flexibility index (Phi) is 6.16. The Morgan fingerprint density at radius 1 is 1.44 bits per heavy atom. The summed E-state index contributed by atoms with van der Waals surface area (Å²) in [5, 5.41) is 3.09. The number of hydrogen-bond acceptors (Lipinski definition) is 3. The summed E-state index contributed by atoms with van der Waals surface area (Å²) in [7, 11) is 0. The van der Waals surface area contributed by atoms with Gasteiger partial charge in [-0.15, -0.1) is 0 Å². The maximum atomic E-state index is 11.4. The van der Waals surface area contributed by atoms with Crippen LogP contribution in [0.4, 0.5) is 0 Å². The van der Waals surface area contributed by atoms with Crippen LogP contribution in [0.5, 0.6) is 0 Å². The minimum Gasteiger partial charge on any atom is -0.474 e. The molecule has 3 heteroatoms. The number of nitrogens with one attached hydrogen (secondary N) is 1. The van der Waals surface area contributed by atoms with Gasteiger partial charge in [0.25, 0.3) is 0 Å². The van der Waals surface area contributed by atoms with Crippen LogP contribution in [-0.2, 0) is 9.53 Å². The highest BCUT2D eigenvalue weighted by Gasteiger charge is 2.14. The lowest BCUT2D eigenvalue weighted by molar-refractivity contribution is -0.119. The second-order valence-corrected chi connectivity index (χ2v) is 5.18. The molecular weight excluding hydrogens is 202 g/mol. The molecule has 0 fully saturated rings. The van der Waals surface area contributed by atoms with Crippen LogP contribution in [0.25, 0.3) is 0 Å². The summed E-state index contributed by atoms with van der Waals surface area (Å²) in [6, 6.07) is 0.0777. The summed E-state index contributed by atoms with van der Waals surface area (Å²) >= 11 is 0. The third kappa shape index (κ3) is 8.33. The maximum absolute atomic E-state index is 11.4. The van der Waals surface area contributed by atoms with Gasteiger partial charge in [0.2, 0.25) is 0 Å². The molecule has 0 heterocycles. The average Bonchev–Trinajstić information content (AvgIpc) is 1.98. The average molecular weight is 227 g/mol. The molecule has 1 N–H and O–H groups in total. The topological polar surface area (TPSA) is 38.3 Å². The van der Waals surface area contributed by atoms with Gasteiger partial charge >= 0.3 is 0 Å². The summed E-state index contributed by atoms with van der Waals surface area (Å²) in [5.74, 6) is 0.815. The van der Waals surface area contributed by atoms with Gasteiger partial charge in [-0.2, -0.15) is 0 Å². The van der Waals surface area contributed by atoms with Gasteiger partial charge in [-0.1, -0.05) is 6.92 Å². The number of ketones is 1. The van der Waals surface area contributed by atoms with Gasteiger partial charge in [0, 0.05) is 18.9 Å². The van der Waals surface area contributed by atoms with Crippen molar-refractivity contribution in [1.82, 2.24) is 5.32 Å². The third-order valence-electron chi connectivity index (χ3n) is 1.90. The van der Waals surface area contributed by atoms with Crippen molar-refractivity contribution in [2.75, 3.05) is 0 Å². The van der Waals surface area contributed by atoms with Gasteiger partial charge in [0.1, 0.15) is 11.4 Å². The van der Waals surface area contributed by atoms with E-state index in [1.165, 1.54) is 0 Å². The Balaban J connectivity index is 3.91. The molecule has 1 atom stereocenters. The van der Waals surface area contributed by atoms with E-state index < -0.39 is 0 Å². The van der Waals surface area contributed by atoms with E-state index in [-0.39, 0.29) is 17.4 Å². The van der Waals surface area contributed by atoms with E-state index in [2.05, 4.69) is 11.9 Å². The second-order valence-electron chi connectivity index (χ2n) is 5.18. The van der Waals surface area contributed by atoms with Gasteiger partial charge in [0.15, 0.2) is 5.88 Å². The Morgan fingerprint density at radius 3 is 2.44 bits per heavy atom. The van der Waals surface area contributed by atoms with Crippen LogP contribution < -0.4 is 5.32 Å². The molecule has 3 nitrogen and oxygen atoms in total. The lowest BCUT2D eigenvalue weighted by Crippen LogP contribution is -2.32. The SMILES string of the molecule is C=C(N[C@H](C)CC(=O)CCC)OC(C)(C)C. The Morgan fingerprint density at radius 2 is 2.00 bits per heavy atom. The molecule has 0 saturated carbocycles. The lowest BCUT2D eigenvalue weighted by atomic mass is 10.1. The Bertz CT molecular complexity index is 241. The quantitative estimate of drug-likeness (QED) is 0.679. The molecule has 0 aliphatic rings. The molecule has 0 aliphatic carbocycles. The molecule has 0 bridgehead atoms. The Labute approximate surface area is 99.3 Å². The number of hydrogen-bond donors (Lipinski definition) is 1. The molecule has 0 aliphatic heterocycles. The van der Waals surface area contributed by atoms with Crippen molar-refractivity contribution in [2.45, 2.75) is 65.5 Å². The first-order chi connectivity index (χ1) is 7.24. The smallest absolute Gasteiger partial charge is 0.180 e. The molecule has 0 unspecified atom stereocenters. The highest BCUT2D eigenvalue weighted by Crippen LogP contribution is 2.11. The van der Waals surface area contributed by atoms with Crippen LogP contribution >= 0.6 is 0 Å². The molecule has 94 valence electrons. The lowest BCUT2D eigenvalue weighted by Gasteiger charge is -2.25. The minimum absolute atomic E-state index is 0.0777. The third-order valence-corrected chi connectivity index (χ3v) is 1.90. The zero-order chi connectivity index (χ0) is 12.8. The van der Waals surface area contributed by atoms with E-state index in [1.807, 2.05) is 34.6 Å². The number of Topliss-reactive ketones (excluding diaryl/α,β-unsaturated/α-hetero) is 1. The van der Waals surface area contributed by atoms with Crippen LogP contribution in [0.15, 0.2) is 12.5 Å². The van der Waals surface area contributed by atoms with E-state index >= 15 is 0 Å². The highest BCUT2D eigenvalue weighted by atomic mass is 16.5. The van der Waals surface area contributed by atoms with Crippen molar-refractivity contribution >= 4 is 5.78 Å². The standard InChI is InChI=1S/C13H25NO2/c1-7-8-12(15)9-10(2)14-11(3)16-13(4,5)6/h10,14H,3,7-9H2,1-2,4-6H3/t10-/m1/s1. The summed E-state index contributed by atoms with van der Waals surface area (Å²) < 4.78 is 5.53. The van der Waals surface area contributed by atoms with Gasteiger partial charge in [0.05, 0.1) is 0 Å². The maximum Gasteiger partial charge on any atom is 0.180 e.